The Kier molecular flexibility index (Phi) is 4.03. The molecule has 0 saturated carbocycles. The number of esters is 1. The van der Waals surface area contributed by atoms with Gasteiger partial charge >= 0.3 is 5.97 Å². The molecule has 0 aliphatic heterocycles. The zero-order valence-corrected chi connectivity index (χ0v) is 8.79. The molecule has 1 aromatic rings. The Bertz CT molecular complexity index is 383. The molecular formula is C12H13FO2. The maximum Gasteiger partial charge on any atom is 0.367 e. The highest BCUT2D eigenvalue weighted by Gasteiger charge is 2.08. The minimum atomic E-state index is -0.918. The van der Waals surface area contributed by atoms with Crippen molar-refractivity contribution in [2.75, 3.05) is 6.61 Å². The molecule has 0 spiro atoms. The first-order chi connectivity index (χ1) is 7.13. The normalized spacial score (nSPS) is 11.3. The minimum Gasteiger partial charge on any atom is -0.461 e. The van der Waals surface area contributed by atoms with Crippen molar-refractivity contribution in [3.63, 3.8) is 0 Å². The highest BCUT2D eigenvalue weighted by Crippen LogP contribution is 2.11. The molecule has 0 aliphatic rings. The highest BCUT2D eigenvalue weighted by atomic mass is 19.1. The molecule has 0 fully saturated rings. The average molecular weight is 208 g/mol. The molecule has 2 nitrogen and oxygen atoms in total. The Morgan fingerprint density at radius 1 is 1.53 bits per heavy atom. The van der Waals surface area contributed by atoms with Gasteiger partial charge in [-0.25, -0.2) is 4.79 Å². The van der Waals surface area contributed by atoms with Gasteiger partial charge in [-0.1, -0.05) is 29.8 Å². The Balaban J connectivity index is 2.82. The van der Waals surface area contributed by atoms with Crippen LogP contribution in [0.15, 0.2) is 30.1 Å². The standard InChI is InChI=1S/C12H13FO2/c1-3-15-12(14)11(13)8-10-6-4-5-9(2)7-10/h4-8H,3H2,1-2H3. The van der Waals surface area contributed by atoms with E-state index in [2.05, 4.69) is 4.74 Å². The SMILES string of the molecule is CCOC(=O)C(F)=Cc1cccc(C)c1. The molecule has 0 aliphatic carbocycles. The van der Waals surface area contributed by atoms with Gasteiger partial charge < -0.3 is 4.74 Å². The predicted molar refractivity (Wildman–Crippen MR) is 56.9 cm³/mol. The first-order valence-corrected chi connectivity index (χ1v) is 4.74. The van der Waals surface area contributed by atoms with Crippen LogP contribution in [0.1, 0.15) is 18.1 Å². The second-order valence-corrected chi connectivity index (χ2v) is 3.13. The number of benzene rings is 1. The van der Waals surface area contributed by atoms with E-state index in [1.165, 1.54) is 6.08 Å². The van der Waals surface area contributed by atoms with Gasteiger partial charge in [0.05, 0.1) is 6.61 Å². The Morgan fingerprint density at radius 3 is 2.87 bits per heavy atom. The number of aryl methyl sites for hydroxylation is 1. The van der Waals surface area contributed by atoms with Crippen LogP contribution in [0.5, 0.6) is 0 Å². The van der Waals surface area contributed by atoms with Crippen molar-refractivity contribution in [1.29, 1.82) is 0 Å². The van der Waals surface area contributed by atoms with Gasteiger partial charge in [-0.05, 0) is 25.5 Å². The van der Waals surface area contributed by atoms with Gasteiger partial charge in [0.15, 0.2) is 0 Å². The second kappa shape index (κ2) is 5.29. The summed E-state index contributed by atoms with van der Waals surface area (Å²) >= 11 is 0. The van der Waals surface area contributed by atoms with Crippen LogP contribution < -0.4 is 0 Å². The monoisotopic (exact) mass is 208 g/mol. The van der Waals surface area contributed by atoms with Crippen LogP contribution in [0.4, 0.5) is 4.39 Å². The lowest BCUT2D eigenvalue weighted by Gasteiger charge is -1.99. The fourth-order valence-corrected chi connectivity index (χ4v) is 1.17. The van der Waals surface area contributed by atoms with Crippen molar-refractivity contribution < 1.29 is 13.9 Å². The number of hydrogen-bond acceptors (Lipinski definition) is 2. The van der Waals surface area contributed by atoms with E-state index >= 15 is 0 Å². The molecule has 0 N–H and O–H groups in total. The van der Waals surface area contributed by atoms with Crippen molar-refractivity contribution in [2.45, 2.75) is 13.8 Å². The van der Waals surface area contributed by atoms with E-state index in [0.29, 0.717) is 5.56 Å². The lowest BCUT2D eigenvalue weighted by Crippen LogP contribution is -2.03. The maximum absolute atomic E-state index is 13.2. The molecule has 3 heteroatoms. The number of ether oxygens (including phenoxy) is 1. The van der Waals surface area contributed by atoms with Crippen LogP contribution >= 0.6 is 0 Å². The fraction of sp³-hybridized carbons (Fsp3) is 0.250. The molecule has 0 unspecified atom stereocenters. The molecule has 0 bridgehead atoms. The summed E-state index contributed by atoms with van der Waals surface area (Å²) in [5, 5.41) is 0. The Hall–Kier alpha value is -1.64. The lowest BCUT2D eigenvalue weighted by atomic mass is 10.1. The van der Waals surface area contributed by atoms with Gasteiger partial charge in [0.1, 0.15) is 0 Å². The summed E-state index contributed by atoms with van der Waals surface area (Å²) in [4.78, 5) is 11.0. The fourth-order valence-electron chi connectivity index (χ4n) is 1.17. The summed E-state index contributed by atoms with van der Waals surface area (Å²) in [5.41, 5.74) is 1.67. The number of rotatable bonds is 3. The van der Waals surface area contributed by atoms with Crippen molar-refractivity contribution in [1.82, 2.24) is 0 Å². The summed E-state index contributed by atoms with van der Waals surface area (Å²) in [6, 6.07) is 7.23. The van der Waals surface area contributed by atoms with E-state index in [4.69, 9.17) is 0 Å². The van der Waals surface area contributed by atoms with Gasteiger partial charge in [-0.15, -0.1) is 0 Å². The molecule has 1 rings (SSSR count). The molecule has 0 radical (unpaired) electrons. The van der Waals surface area contributed by atoms with E-state index in [1.54, 1.807) is 25.1 Å². The van der Waals surface area contributed by atoms with E-state index in [9.17, 15) is 9.18 Å². The van der Waals surface area contributed by atoms with E-state index in [0.717, 1.165) is 5.56 Å². The van der Waals surface area contributed by atoms with Crippen LogP contribution in [0.25, 0.3) is 6.08 Å². The van der Waals surface area contributed by atoms with E-state index in [-0.39, 0.29) is 6.61 Å². The first kappa shape index (κ1) is 11.4. The first-order valence-electron chi connectivity index (χ1n) is 4.74. The number of hydrogen-bond donors (Lipinski definition) is 0. The third kappa shape index (κ3) is 3.54. The topological polar surface area (TPSA) is 26.3 Å². The summed E-state index contributed by atoms with van der Waals surface area (Å²) in [7, 11) is 0. The quantitative estimate of drug-likeness (QED) is 0.564. The summed E-state index contributed by atoms with van der Waals surface area (Å²) in [5.74, 6) is -1.79. The molecule has 1 aromatic carbocycles. The van der Waals surface area contributed by atoms with Crippen molar-refractivity contribution in [2.24, 2.45) is 0 Å². The number of carbonyl (C=O) groups excluding carboxylic acids is 1. The van der Waals surface area contributed by atoms with Crippen molar-refractivity contribution in [3.8, 4) is 0 Å². The largest absolute Gasteiger partial charge is 0.461 e. The third-order valence-electron chi connectivity index (χ3n) is 1.81. The summed E-state index contributed by atoms with van der Waals surface area (Å²) in [6.07, 6.45) is 1.17. The molecular weight excluding hydrogens is 195 g/mol. The van der Waals surface area contributed by atoms with E-state index < -0.39 is 11.8 Å². The summed E-state index contributed by atoms with van der Waals surface area (Å²) < 4.78 is 17.7. The van der Waals surface area contributed by atoms with Crippen LogP contribution in [-0.2, 0) is 9.53 Å². The van der Waals surface area contributed by atoms with Gasteiger partial charge in [-0.2, -0.15) is 4.39 Å². The second-order valence-electron chi connectivity index (χ2n) is 3.13. The third-order valence-corrected chi connectivity index (χ3v) is 1.81. The summed E-state index contributed by atoms with van der Waals surface area (Å²) in [6.45, 7) is 3.71. The van der Waals surface area contributed by atoms with Crippen LogP contribution in [0, 0.1) is 6.92 Å². The van der Waals surface area contributed by atoms with Crippen molar-refractivity contribution in [3.05, 3.63) is 41.2 Å². The molecule has 15 heavy (non-hydrogen) atoms. The maximum atomic E-state index is 13.2. The molecule has 0 amide bonds. The molecule has 0 heterocycles. The predicted octanol–water partition coefficient (Wildman–Crippen LogP) is 2.87. The van der Waals surface area contributed by atoms with Crippen molar-refractivity contribution >= 4 is 12.0 Å². The number of halogens is 1. The molecule has 0 atom stereocenters. The van der Waals surface area contributed by atoms with Gasteiger partial charge in [-0.3, -0.25) is 0 Å². The van der Waals surface area contributed by atoms with Gasteiger partial charge in [0.2, 0.25) is 5.83 Å². The number of carbonyl (C=O) groups is 1. The Morgan fingerprint density at radius 2 is 2.27 bits per heavy atom. The van der Waals surface area contributed by atoms with Crippen LogP contribution in [-0.4, -0.2) is 12.6 Å². The zero-order chi connectivity index (χ0) is 11.3. The lowest BCUT2D eigenvalue weighted by molar-refractivity contribution is -0.140. The van der Waals surface area contributed by atoms with E-state index in [1.807, 2.05) is 13.0 Å². The van der Waals surface area contributed by atoms with Crippen LogP contribution in [0.2, 0.25) is 0 Å². The molecule has 80 valence electrons. The zero-order valence-electron chi connectivity index (χ0n) is 8.79. The van der Waals surface area contributed by atoms with Gasteiger partial charge in [0, 0.05) is 0 Å². The molecule has 0 aromatic heterocycles. The minimum absolute atomic E-state index is 0.175. The molecule has 0 saturated heterocycles. The Labute approximate surface area is 88.4 Å². The highest BCUT2D eigenvalue weighted by molar-refractivity contribution is 5.91. The smallest absolute Gasteiger partial charge is 0.367 e. The van der Waals surface area contributed by atoms with Crippen LogP contribution in [0.3, 0.4) is 0 Å². The average Bonchev–Trinajstić information content (AvgIpc) is 2.18. The van der Waals surface area contributed by atoms with Gasteiger partial charge in [0.25, 0.3) is 0 Å².